The lowest BCUT2D eigenvalue weighted by molar-refractivity contribution is -0.385. The molecule has 0 saturated carbocycles. The molecule has 0 heterocycles. The Morgan fingerprint density at radius 2 is 1.77 bits per heavy atom. The van der Waals surface area contributed by atoms with Crippen LogP contribution in [0.2, 0.25) is 0 Å². The summed E-state index contributed by atoms with van der Waals surface area (Å²) in [4.78, 5) is 29.8. The van der Waals surface area contributed by atoms with Gasteiger partial charge in [0, 0.05) is 18.2 Å². The Balaban J connectivity index is 0.000000479. The van der Waals surface area contributed by atoms with Crippen LogP contribution in [0.25, 0.3) is 0 Å². The summed E-state index contributed by atoms with van der Waals surface area (Å²) in [6.45, 7) is 2.32. The molecule has 160 valence electrons. The van der Waals surface area contributed by atoms with E-state index in [4.69, 9.17) is 25.4 Å². The van der Waals surface area contributed by atoms with Crippen molar-refractivity contribution in [2.24, 2.45) is 5.73 Å². The molecule has 2 aromatic rings. The number of carbonyl (C=O) groups is 2. The molecule has 0 radical (unpaired) electrons. The zero-order chi connectivity index (χ0) is 22.7. The number of para-hydroxylation sites is 1. The summed E-state index contributed by atoms with van der Waals surface area (Å²) >= 11 is 0. The maximum atomic E-state index is 11.1. The van der Waals surface area contributed by atoms with Crippen LogP contribution >= 0.6 is 0 Å². The van der Waals surface area contributed by atoms with Gasteiger partial charge in [-0.15, -0.1) is 0 Å². The summed E-state index contributed by atoms with van der Waals surface area (Å²) in [5.41, 5.74) is 7.27. The van der Waals surface area contributed by atoms with Crippen molar-refractivity contribution in [3.05, 3.63) is 69.8 Å². The van der Waals surface area contributed by atoms with Crippen LogP contribution < -0.4 is 15.2 Å². The van der Waals surface area contributed by atoms with Crippen molar-refractivity contribution >= 4 is 17.6 Å². The SMILES string of the molecule is COc1c(CCN)cccc1Oc1cc(C)ccc1[N+](=O)[O-].O=C(O)C=CC(=O)O. The highest BCUT2D eigenvalue weighted by Gasteiger charge is 2.18. The minimum Gasteiger partial charge on any atom is -0.493 e. The number of aliphatic carboxylic acids is 2. The monoisotopic (exact) mass is 418 g/mol. The predicted molar refractivity (Wildman–Crippen MR) is 108 cm³/mol. The number of hydrogen-bond donors (Lipinski definition) is 3. The molecule has 0 fully saturated rings. The third kappa shape index (κ3) is 7.60. The topological polar surface area (TPSA) is 162 Å². The molecule has 0 unspecified atom stereocenters. The Bertz CT molecular complexity index is 924. The van der Waals surface area contributed by atoms with Crippen molar-refractivity contribution in [1.82, 2.24) is 0 Å². The van der Waals surface area contributed by atoms with Crippen molar-refractivity contribution in [3.63, 3.8) is 0 Å². The van der Waals surface area contributed by atoms with E-state index in [1.165, 1.54) is 13.2 Å². The summed E-state index contributed by atoms with van der Waals surface area (Å²) in [7, 11) is 1.53. The molecule has 2 rings (SSSR count). The lowest BCUT2D eigenvalue weighted by Crippen LogP contribution is -2.05. The minimum absolute atomic E-state index is 0.0862. The molecule has 4 N–H and O–H groups in total. The van der Waals surface area contributed by atoms with E-state index < -0.39 is 16.9 Å². The fourth-order valence-corrected chi connectivity index (χ4v) is 2.34. The maximum Gasteiger partial charge on any atom is 0.328 e. The fourth-order valence-electron chi connectivity index (χ4n) is 2.34. The van der Waals surface area contributed by atoms with Crippen molar-refractivity contribution in [2.45, 2.75) is 13.3 Å². The molecular formula is C20H22N2O8. The van der Waals surface area contributed by atoms with Crippen molar-refractivity contribution < 1.29 is 34.2 Å². The lowest BCUT2D eigenvalue weighted by Gasteiger charge is -2.14. The number of aryl methyl sites for hydroxylation is 1. The number of rotatable bonds is 8. The second-order valence-electron chi connectivity index (χ2n) is 5.83. The number of carboxylic acid groups (broad SMARTS) is 2. The summed E-state index contributed by atoms with van der Waals surface area (Å²) in [5, 5.41) is 26.7. The first kappa shape index (κ1) is 24.1. The molecule has 0 amide bonds. The third-order valence-corrected chi connectivity index (χ3v) is 3.58. The van der Waals surface area contributed by atoms with Crippen LogP contribution in [0.5, 0.6) is 17.2 Å². The number of nitro groups is 1. The Morgan fingerprint density at radius 1 is 1.13 bits per heavy atom. The number of nitrogens with zero attached hydrogens (tertiary/aromatic N) is 1. The van der Waals surface area contributed by atoms with Gasteiger partial charge in [-0.1, -0.05) is 18.2 Å². The van der Waals surface area contributed by atoms with Crippen LogP contribution in [-0.4, -0.2) is 40.7 Å². The largest absolute Gasteiger partial charge is 0.493 e. The van der Waals surface area contributed by atoms with Gasteiger partial charge >= 0.3 is 17.6 Å². The Kier molecular flexibility index (Phi) is 9.50. The molecule has 0 saturated heterocycles. The van der Waals surface area contributed by atoms with Gasteiger partial charge in [0.25, 0.3) is 0 Å². The van der Waals surface area contributed by atoms with Crippen molar-refractivity contribution in [2.75, 3.05) is 13.7 Å². The Morgan fingerprint density at radius 3 is 2.27 bits per heavy atom. The van der Waals surface area contributed by atoms with Gasteiger partial charge in [-0.25, -0.2) is 9.59 Å². The highest BCUT2D eigenvalue weighted by atomic mass is 16.6. The summed E-state index contributed by atoms with van der Waals surface area (Å²) < 4.78 is 11.1. The number of nitro benzene ring substituents is 1. The first-order valence-electron chi connectivity index (χ1n) is 8.62. The highest BCUT2D eigenvalue weighted by molar-refractivity contribution is 5.89. The number of ether oxygens (including phenoxy) is 2. The molecule has 0 aliphatic rings. The zero-order valence-electron chi connectivity index (χ0n) is 16.4. The molecular weight excluding hydrogens is 396 g/mol. The zero-order valence-corrected chi connectivity index (χ0v) is 16.4. The standard InChI is InChI=1S/C16H18N2O4.C4H4O4/c1-11-6-7-13(18(19)20)15(10-11)22-14-5-3-4-12(8-9-17)16(14)21-2;5-3(6)1-2-4(7)8/h3-7,10H,8-9,17H2,1-2H3;1-2H,(H,5,6)(H,7,8). The average Bonchev–Trinajstić information content (AvgIpc) is 2.67. The van der Waals surface area contributed by atoms with Crippen LogP contribution in [0.15, 0.2) is 48.6 Å². The van der Waals surface area contributed by atoms with E-state index in [2.05, 4.69) is 0 Å². The van der Waals surface area contributed by atoms with Crippen LogP contribution in [0.1, 0.15) is 11.1 Å². The van der Waals surface area contributed by atoms with E-state index in [9.17, 15) is 19.7 Å². The van der Waals surface area contributed by atoms with E-state index in [0.29, 0.717) is 36.6 Å². The second kappa shape index (κ2) is 11.8. The Labute approximate surface area is 172 Å². The number of hydrogen-bond acceptors (Lipinski definition) is 7. The first-order chi connectivity index (χ1) is 14.2. The van der Waals surface area contributed by atoms with Gasteiger partial charge in [0.15, 0.2) is 11.5 Å². The number of methoxy groups -OCH3 is 1. The first-order valence-corrected chi connectivity index (χ1v) is 8.62. The highest BCUT2D eigenvalue weighted by Crippen LogP contribution is 2.38. The smallest absolute Gasteiger partial charge is 0.328 e. The second-order valence-corrected chi connectivity index (χ2v) is 5.83. The van der Waals surface area contributed by atoms with Crippen LogP contribution in [0.4, 0.5) is 5.69 Å². The van der Waals surface area contributed by atoms with E-state index in [1.807, 2.05) is 19.1 Å². The summed E-state index contributed by atoms with van der Waals surface area (Å²) in [5.74, 6) is -1.35. The van der Waals surface area contributed by atoms with Gasteiger partial charge < -0.3 is 25.4 Å². The van der Waals surface area contributed by atoms with Crippen molar-refractivity contribution in [3.8, 4) is 17.2 Å². The molecule has 0 aliphatic heterocycles. The third-order valence-electron chi connectivity index (χ3n) is 3.58. The Hall–Kier alpha value is -3.92. The van der Waals surface area contributed by atoms with E-state index in [-0.39, 0.29) is 11.4 Å². The van der Waals surface area contributed by atoms with Crippen LogP contribution in [0, 0.1) is 17.0 Å². The van der Waals surface area contributed by atoms with Gasteiger partial charge in [0.05, 0.1) is 12.0 Å². The van der Waals surface area contributed by atoms with Gasteiger partial charge in [0.2, 0.25) is 5.75 Å². The average molecular weight is 418 g/mol. The summed E-state index contributed by atoms with van der Waals surface area (Å²) in [6, 6.07) is 10.2. The van der Waals surface area contributed by atoms with Crippen LogP contribution in [-0.2, 0) is 16.0 Å². The van der Waals surface area contributed by atoms with E-state index >= 15 is 0 Å². The van der Waals surface area contributed by atoms with E-state index in [0.717, 1.165) is 11.1 Å². The quantitative estimate of drug-likeness (QED) is 0.332. The number of carboxylic acids is 2. The molecule has 2 aromatic carbocycles. The molecule has 0 spiro atoms. The molecule has 10 nitrogen and oxygen atoms in total. The molecule has 10 heteroatoms. The maximum absolute atomic E-state index is 11.1. The van der Waals surface area contributed by atoms with Gasteiger partial charge in [-0.2, -0.15) is 0 Å². The van der Waals surface area contributed by atoms with Crippen molar-refractivity contribution in [1.29, 1.82) is 0 Å². The summed E-state index contributed by atoms with van der Waals surface area (Å²) in [6.07, 6.45) is 1.75. The van der Waals surface area contributed by atoms with Gasteiger partial charge in [-0.05, 0) is 43.1 Å². The molecule has 0 atom stereocenters. The lowest BCUT2D eigenvalue weighted by atomic mass is 10.1. The molecule has 30 heavy (non-hydrogen) atoms. The normalized spacial score (nSPS) is 10.1. The minimum atomic E-state index is -1.26. The van der Waals surface area contributed by atoms with Gasteiger partial charge in [0.1, 0.15) is 0 Å². The molecule has 0 bridgehead atoms. The molecule has 0 aromatic heterocycles. The predicted octanol–water partition coefficient (Wildman–Crippen LogP) is 2.92. The van der Waals surface area contributed by atoms with E-state index in [1.54, 1.807) is 18.2 Å². The molecule has 0 aliphatic carbocycles. The fraction of sp³-hybridized carbons (Fsp3) is 0.200. The van der Waals surface area contributed by atoms with Gasteiger partial charge in [-0.3, -0.25) is 10.1 Å². The van der Waals surface area contributed by atoms with Crippen LogP contribution in [0.3, 0.4) is 0 Å². The number of nitrogens with two attached hydrogens (primary N) is 1. The number of benzene rings is 2.